The van der Waals surface area contributed by atoms with Crippen molar-refractivity contribution in [3.05, 3.63) is 23.8 Å². The van der Waals surface area contributed by atoms with Crippen LogP contribution in [0, 0.1) is 16.7 Å². The molecule has 1 aromatic carbocycles. The van der Waals surface area contributed by atoms with Gasteiger partial charge in [0, 0.05) is 11.1 Å². The molecule has 116 valence electrons. The van der Waals surface area contributed by atoms with Gasteiger partial charge < -0.3 is 9.47 Å². The molecule has 2 unspecified atom stereocenters. The maximum Gasteiger partial charge on any atom is 0.231 e. The quantitative estimate of drug-likeness (QED) is 0.611. The number of fused-ring (bicyclic) bond motifs is 3. The maximum absolute atomic E-state index is 5.38. The van der Waals surface area contributed by atoms with Crippen molar-refractivity contribution in [3.63, 3.8) is 0 Å². The molecule has 3 aliphatic rings. The van der Waals surface area contributed by atoms with Gasteiger partial charge in [-0.25, -0.2) is 0 Å². The zero-order chi connectivity index (χ0) is 15.4. The summed E-state index contributed by atoms with van der Waals surface area (Å²) in [6, 6.07) is 5.83. The molecule has 1 aromatic rings. The molecular weight excluding hydrogens is 276 g/mol. The molecule has 2 aliphatic carbocycles. The third-order valence-corrected chi connectivity index (χ3v) is 6.29. The first-order valence-corrected chi connectivity index (χ1v) is 8.01. The highest BCUT2D eigenvalue weighted by atomic mass is 16.7. The SMILES string of the molecule is CC12CCC(CC1=N/N=C/c1ccc3c(c1)OCO3)C2(C)C. The van der Waals surface area contributed by atoms with Crippen LogP contribution in [0.3, 0.4) is 0 Å². The van der Waals surface area contributed by atoms with Crippen LogP contribution in [0.1, 0.15) is 45.6 Å². The molecule has 22 heavy (non-hydrogen) atoms. The normalized spacial score (nSPS) is 33.2. The van der Waals surface area contributed by atoms with E-state index in [1.54, 1.807) is 6.21 Å². The van der Waals surface area contributed by atoms with Gasteiger partial charge in [0.1, 0.15) is 0 Å². The Morgan fingerprint density at radius 1 is 1.18 bits per heavy atom. The largest absolute Gasteiger partial charge is 0.454 e. The van der Waals surface area contributed by atoms with Gasteiger partial charge in [-0.2, -0.15) is 10.2 Å². The van der Waals surface area contributed by atoms with Crippen LogP contribution in [0.25, 0.3) is 0 Å². The van der Waals surface area contributed by atoms with Gasteiger partial charge in [-0.15, -0.1) is 0 Å². The van der Waals surface area contributed by atoms with E-state index in [-0.39, 0.29) is 5.41 Å². The molecule has 2 bridgehead atoms. The standard InChI is InChI=1S/C18H22N2O2/c1-17(2)13-6-7-18(17,3)16(9-13)20-19-10-12-4-5-14-15(8-12)22-11-21-14/h4-5,8,10,13H,6-7,9,11H2,1-3H3/b19-10+,20-16?. The number of nitrogens with zero attached hydrogens (tertiary/aromatic N) is 2. The summed E-state index contributed by atoms with van der Waals surface area (Å²) in [6.45, 7) is 7.42. The number of ether oxygens (including phenoxy) is 2. The molecule has 4 rings (SSSR count). The van der Waals surface area contributed by atoms with Crippen molar-refractivity contribution < 1.29 is 9.47 Å². The van der Waals surface area contributed by atoms with Crippen LogP contribution in [-0.4, -0.2) is 18.7 Å². The van der Waals surface area contributed by atoms with Crippen molar-refractivity contribution in [1.82, 2.24) is 0 Å². The van der Waals surface area contributed by atoms with E-state index in [0.717, 1.165) is 29.4 Å². The summed E-state index contributed by atoms with van der Waals surface area (Å²) >= 11 is 0. The van der Waals surface area contributed by atoms with Crippen LogP contribution in [0.2, 0.25) is 0 Å². The van der Waals surface area contributed by atoms with E-state index in [9.17, 15) is 0 Å². The molecule has 2 fully saturated rings. The molecular formula is C18H22N2O2. The average Bonchev–Trinajstić information content (AvgIpc) is 3.09. The van der Waals surface area contributed by atoms with E-state index < -0.39 is 0 Å². The molecule has 0 spiro atoms. The first kappa shape index (κ1) is 13.8. The Kier molecular flexibility index (Phi) is 2.87. The van der Waals surface area contributed by atoms with Crippen LogP contribution >= 0.6 is 0 Å². The Hall–Kier alpha value is -1.84. The predicted molar refractivity (Wildman–Crippen MR) is 86.8 cm³/mol. The summed E-state index contributed by atoms with van der Waals surface area (Å²) in [5.74, 6) is 2.34. The van der Waals surface area contributed by atoms with Crippen molar-refractivity contribution in [2.24, 2.45) is 27.0 Å². The van der Waals surface area contributed by atoms with Crippen LogP contribution in [-0.2, 0) is 0 Å². The summed E-state index contributed by atoms with van der Waals surface area (Å²) in [5.41, 5.74) is 2.82. The fourth-order valence-electron chi connectivity index (χ4n) is 4.24. The highest BCUT2D eigenvalue weighted by molar-refractivity contribution is 5.94. The topological polar surface area (TPSA) is 43.2 Å². The van der Waals surface area contributed by atoms with Crippen molar-refractivity contribution in [2.75, 3.05) is 6.79 Å². The zero-order valence-electron chi connectivity index (χ0n) is 13.4. The molecule has 4 nitrogen and oxygen atoms in total. The van der Waals surface area contributed by atoms with Crippen molar-refractivity contribution in [3.8, 4) is 11.5 Å². The molecule has 0 radical (unpaired) electrons. The smallest absolute Gasteiger partial charge is 0.231 e. The van der Waals surface area contributed by atoms with Crippen LogP contribution in [0.5, 0.6) is 11.5 Å². The molecule has 2 atom stereocenters. The second-order valence-electron chi connectivity index (χ2n) is 7.40. The lowest BCUT2D eigenvalue weighted by atomic mass is 9.70. The first-order valence-electron chi connectivity index (χ1n) is 8.01. The summed E-state index contributed by atoms with van der Waals surface area (Å²) in [4.78, 5) is 0. The van der Waals surface area contributed by atoms with Crippen LogP contribution in [0.4, 0.5) is 0 Å². The van der Waals surface area contributed by atoms with Gasteiger partial charge in [-0.1, -0.05) is 20.8 Å². The van der Waals surface area contributed by atoms with Crippen molar-refractivity contribution in [1.29, 1.82) is 0 Å². The fraction of sp³-hybridized carbons (Fsp3) is 0.556. The van der Waals surface area contributed by atoms with Gasteiger partial charge in [0.15, 0.2) is 11.5 Å². The molecule has 1 aliphatic heterocycles. The van der Waals surface area contributed by atoms with Crippen LogP contribution in [0.15, 0.2) is 28.4 Å². The van der Waals surface area contributed by atoms with Crippen molar-refractivity contribution >= 4 is 11.9 Å². The van der Waals surface area contributed by atoms with E-state index in [1.807, 2.05) is 18.2 Å². The van der Waals surface area contributed by atoms with Crippen molar-refractivity contribution in [2.45, 2.75) is 40.0 Å². The van der Waals surface area contributed by atoms with E-state index in [0.29, 0.717) is 12.2 Å². The Balaban J connectivity index is 1.55. The third-order valence-electron chi connectivity index (χ3n) is 6.29. The van der Waals surface area contributed by atoms with E-state index in [1.165, 1.54) is 18.6 Å². The van der Waals surface area contributed by atoms with Gasteiger partial charge >= 0.3 is 0 Å². The second-order valence-corrected chi connectivity index (χ2v) is 7.40. The average molecular weight is 298 g/mol. The van der Waals surface area contributed by atoms with Gasteiger partial charge in [-0.05, 0) is 54.4 Å². The minimum atomic E-state index is 0.212. The fourth-order valence-corrected chi connectivity index (χ4v) is 4.24. The first-order chi connectivity index (χ1) is 10.5. The molecule has 0 aromatic heterocycles. The van der Waals surface area contributed by atoms with Crippen LogP contribution < -0.4 is 9.47 Å². The van der Waals surface area contributed by atoms with E-state index >= 15 is 0 Å². The van der Waals surface area contributed by atoms with Gasteiger partial charge in [0.25, 0.3) is 0 Å². The van der Waals surface area contributed by atoms with Gasteiger partial charge in [0.2, 0.25) is 6.79 Å². The Bertz CT molecular complexity index is 678. The third kappa shape index (κ3) is 1.82. The lowest BCUT2D eigenvalue weighted by Gasteiger charge is -2.34. The monoisotopic (exact) mass is 298 g/mol. The summed E-state index contributed by atoms with van der Waals surface area (Å²) in [7, 11) is 0. The second kappa shape index (κ2) is 4.58. The summed E-state index contributed by atoms with van der Waals surface area (Å²) in [5, 5.41) is 8.92. The highest BCUT2D eigenvalue weighted by Crippen LogP contribution is 2.63. The zero-order valence-corrected chi connectivity index (χ0v) is 13.4. The molecule has 0 N–H and O–H groups in total. The summed E-state index contributed by atoms with van der Waals surface area (Å²) in [6.07, 6.45) is 5.47. The lowest BCUT2D eigenvalue weighted by molar-refractivity contribution is 0.174. The number of hydrogen-bond acceptors (Lipinski definition) is 4. The molecule has 4 heteroatoms. The molecule has 2 saturated carbocycles. The Labute approximate surface area is 131 Å². The Morgan fingerprint density at radius 2 is 2.00 bits per heavy atom. The maximum atomic E-state index is 5.38. The van der Waals surface area contributed by atoms with E-state index in [4.69, 9.17) is 9.47 Å². The van der Waals surface area contributed by atoms with Gasteiger partial charge in [-0.3, -0.25) is 0 Å². The molecule has 0 amide bonds. The highest BCUT2D eigenvalue weighted by Gasteiger charge is 2.59. The predicted octanol–water partition coefficient (Wildman–Crippen LogP) is 4.04. The molecule has 1 heterocycles. The minimum absolute atomic E-state index is 0.212. The minimum Gasteiger partial charge on any atom is -0.454 e. The van der Waals surface area contributed by atoms with Gasteiger partial charge in [0.05, 0.1) is 6.21 Å². The number of benzene rings is 1. The number of hydrogen-bond donors (Lipinski definition) is 0. The Morgan fingerprint density at radius 3 is 2.73 bits per heavy atom. The lowest BCUT2D eigenvalue weighted by Crippen LogP contribution is -2.32. The molecule has 0 saturated heterocycles. The number of rotatable bonds is 2. The van der Waals surface area contributed by atoms with E-state index in [2.05, 4.69) is 31.0 Å². The summed E-state index contributed by atoms with van der Waals surface area (Å²) < 4.78 is 10.7.